The monoisotopic (exact) mass is 1600 g/mol. The van der Waals surface area contributed by atoms with E-state index in [-0.39, 0.29) is 66.5 Å². The van der Waals surface area contributed by atoms with Crippen LogP contribution in [-0.4, -0.2) is 34.5 Å². The molecule has 0 aliphatic carbocycles. The zero-order valence-corrected chi connectivity index (χ0v) is 47.4. The number of imidazole rings is 1. The van der Waals surface area contributed by atoms with Gasteiger partial charge in [0.1, 0.15) is 40.8 Å². The molecule has 6 heterocycles. The summed E-state index contributed by atoms with van der Waals surface area (Å²) < 4.78 is 12.2. The van der Waals surface area contributed by atoms with E-state index in [0.29, 0.717) is 0 Å². The molecule has 0 spiro atoms. The van der Waals surface area contributed by atoms with Crippen LogP contribution in [0.5, 0.6) is 0 Å². The number of benzene rings is 6. The second-order valence-electron chi connectivity index (χ2n) is 14.1. The summed E-state index contributed by atoms with van der Waals surface area (Å²) in [5.74, 6) is 3.31. The average Bonchev–Trinajstić information content (AvgIpc) is 4.15. The van der Waals surface area contributed by atoms with E-state index >= 15 is 0 Å². The zero-order chi connectivity index (χ0) is 46.2. The number of para-hydroxylation sites is 6. The standard InChI is InChI=1S/2C17H13N4.C17H12N4.3Ag.2HI.Ir.O/c3*1-3-7-14(8-4-1)20-13-21(15-9-5-2-6-10-15)17-16(20)18-11-12-19-17;;;;;;;/h2*1-13H;1-9,11-13H;;;;2*1H;;/q-1;+1;-2;;;+1;;;;/p-2. The molecule has 0 bridgehead atoms. The van der Waals surface area contributed by atoms with Gasteiger partial charge in [0, 0.05) is 84.3 Å². The number of halogens is 2. The van der Waals surface area contributed by atoms with E-state index in [9.17, 15) is 0 Å². The van der Waals surface area contributed by atoms with Gasteiger partial charge in [-0.25, -0.2) is 29.5 Å². The fourth-order valence-electron chi connectivity index (χ4n) is 7.26. The Morgan fingerprint density at radius 2 is 0.814 bits per heavy atom. The number of hydrogen-bond acceptors (Lipinski definition) is 11. The molecule has 0 saturated carbocycles. The van der Waals surface area contributed by atoms with E-state index in [1.165, 1.54) is 0 Å². The largest absolute Gasteiger partial charge is 0.477 e. The van der Waals surface area contributed by atoms with Crippen LogP contribution in [-0.2, 0) is 84.0 Å². The molecule has 6 aromatic carbocycles. The maximum Gasteiger partial charge on any atom is 0.327 e. The van der Waals surface area contributed by atoms with Crippen LogP contribution >= 0.6 is 19.0 Å². The predicted molar refractivity (Wildman–Crippen MR) is 261 cm³/mol. The van der Waals surface area contributed by atoms with Crippen molar-refractivity contribution in [3.8, 4) is 11.4 Å². The minimum absolute atomic E-state index is 0. The van der Waals surface area contributed by atoms with Gasteiger partial charge in [-0.15, -0.1) is 24.0 Å². The van der Waals surface area contributed by atoms with Gasteiger partial charge in [0.2, 0.25) is 6.33 Å². The van der Waals surface area contributed by atoms with Gasteiger partial charge in [-0.05, 0) is 60.7 Å². The van der Waals surface area contributed by atoms with Gasteiger partial charge in [-0.2, -0.15) is 34.9 Å². The number of hydrogen-bond donors (Lipinski definition) is 0. The van der Waals surface area contributed by atoms with Crippen LogP contribution in [0.25, 0.3) is 22.7 Å². The molecule has 0 fully saturated rings. The van der Waals surface area contributed by atoms with Crippen molar-refractivity contribution in [1.29, 1.82) is 0 Å². The summed E-state index contributed by atoms with van der Waals surface area (Å²) in [6.07, 6.45) is 12.3. The van der Waals surface area contributed by atoms with Gasteiger partial charge in [0.15, 0.2) is 0 Å². The Morgan fingerprint density at radius 3 is 1.24 bits per heavy atom. The molecule has 4 aromatic heterocycles. The molecule has 0 saturated heterocycles. The first-order valence-electron chi connectivity index (χ1n) is 20.5. The molecule has 13 nitrogen and oxygen atoms in total. The van der Waals surface area contributed by atoms with Gasteiger partial charge in [-0.3, -0.25) is 0 Å². The van der Waals surface area contributed by atoms with E-state index in [2.05, 4.69) is 121 Å². The van der Waals surface area contributed by atoms with Crippen molar-refractivity contribution in [3.05, 3.63) is 239 Å². The van der Waals surface area contributed by atoms with Crippen LogP contribution in [0.2, 0.25) is 0 Å². The third-order valence-electron chi connectivity index (χ3n) is 10.2. The third-order valence-corrected chi connectivity index (χ3v) is 10.2. The second kappa shape index (κ2) is 29.0. The number of rotatable bonds is 6. The predicted octanol–water partition coefficient (Wildman–Crippen LogP) is 8.03. The van der Waals surface area contributed by atoms with Crippen LogP contribution in [0, 0.1) is 19.4 Å². The molecule has 19 heteroatoms. The van der Waals surface area contributed by atoms with E-state index < -0.39 is 0 Å². The van der Waals surface area contributed by atoms with Crippen LogP contribution in [0.15, 0.2) is 219 Å². The smallest absolute Gasteiger partial charge is 0.327 e. The zero-order valence-electron chi connectivity index (χ0n) is 36.2. The molecule has 12 rings (SSSR count). The number of nitrogens with zero attached hydrogens (tertiary/aromatic N) is 12. The Balaban J connectivity index is 0.000000185. The Labute approximate surface area is 487 Å². The molecule has 367 valence electrons. The normalized spacial score (nSPS) is 11.4. The van der Waals surface area contributed by atoms with Gasteiger partial charge >= 0.3 is 66.2 Å². The van der Waals surface area contributed by atoms with Crippen LogP contribution in [0.1, 0.15) is 0 Å². The van der Waals surface area contributed by atoms with Crippen LogP contribution in [0.3, 0.4) is 0 Å². The van der Waals surface area contributed by atoms with Gasteiger partial charge in [0.25, 0.3) is 5.65 Å². The van der Waals surface area contributed by atoms with Crippen LogP contribution < -0.4 is 48.1 Å². The fourth-order valence-corrected chi connectivity index (χ4v) is 7.26. The Hall–Kier alpha value is -4.64. The van der Waals surface area contributed by atoms with E-state index in [4.69, 9.17) is 3.25 Å². The third kappa shape index (κ3) is 13.3. The number of fused-ring (bicyclic) bond motifs is 3. The molecule has 2 radical (unpaired) electrons. The fraction of sp³-hybridized carbons (Fsp3) is 0. The summed E-state index contributed by atoms with van der Waals surface area (Å²) in [5, 5.41) is 0. The number of aromatic nitrogens is 8. The van der Waals surface area contributed by atoms with Crippen molar-refractivity contribution in [2.45, 2.75) is 0 Å². The Morgan fingerprint density at radius 1 is 0.457 bits per heavy atom. The summed E-state index contributed by atoms with van der Waals surface area (Å²) >= 11 is 6.58. The molecule has 0 unspecified atom stereocenters. The van der Waals surface area contributed by atoms with Crippen molar-refractivity contribution in [2.75, 3.05) is 19.6 Å². The average molecular weight is 1600 g/mol. The molecule has 10 aromatic rings. The molecule has 2 aliphatic rings. The van der Waals surface area contributed by atoms with Crippen LogP contribution in [0.4, 0.5) is 46.0 Å². The van der Waals surface area contributed by atoms with Crippen molar-refractivity contribution >= 4 is 76.3 Å². The Kier molecular flexibility index (Phi) is 23.3. The molecule has 70 heavy (non-hydrogen) atoms. The first-order valence-corrected chi connectivity index (χ1v) is 25.5. The SMILES string of the molecule is [Ag].[Ag][I].[I-].[Ir].[O]=[Ag].[c-]1ccccc1N1[CH-]N(c2ccccc2)c2nccnc21.c1ccc(-n2c[n+](-c3ccccc3)c3nccnc32)cc1.c1ccc(N2[CH-]N(c3ccccc3)c3nccnc32)cc1. The summed E-state index contributed by atoms with van der Waals surface area (Å²) in [6, 6.07) is 61.8. The maximum absolute atomic E-state index is 8.06. The molecule has 0 N–H and O–H groups in total. The van der Waals surface area contributed by atoms with Gasteiger partial charge in [0.05, 0.1) is 6.20 Å². The van der Waals surface area contributed by atoms with Crippen molar-refractivity contribution in [3.63, 3.8) is 0 Å². The summed E-state index contributed by atoms with van der Waals surface area (Å²) in [4.78, 5) is 35.0. The van der Waals surface area contributed by atoms with E-state index in [1.54, 1.807) is 58.2 Å². The van der Waals surface area contributed by atoms with Crippen molar-refractivity contribution in [1.82, 2.24) is 34.5 Å². The molecular formula is C51H38Ag3I2IrN12O-3. The molecular weight excluding hydrogens is 1570 g/mol. The second-order valence-corrected chi connectivity index (χ2v) is 14.1. The van der Waals surface area contributed by atoms with E-state index in [0.717, 1.165) is 68.7 Å². The minimum atomic E-state index is 0. The summed E-state index contributed by atoms with van der Waals surface area (Å²) in [5.41, 5.74) is 7.95. The number of anilines is 8. The topological polar surface area (TPSA) is 116 Å². The minimum Gasteiger partial charge on any atom is -0.477 e. The van der Waals surface area contributed by atoms with E-state index in [1.807, 2.05) is 176 Å². The summed E-state index contributed by atoms with van der Waals surface area (Å²) in [7, 11) is 0. The molecule has 0 atom stereocenters. The first kappa shape index (κ1) is 56.3. The van der Waals surface area contributed by atoms with Crippen molar-refractivity contribution < 1.29 is 113 Å². The maximum atomic E-state index is 8.06. The Bertz CT molecular complexity index is 2760. The van der Waals surface area contributed by atoms with Gasteiger partial charge in [-0.1, -0.05) is 91.0 Å². The van der Waals surface area contributed by atoms with Gasteiger partial charge < -0.3 is 43.6 Å². The summed E-state index contributed by atoms with van der Waals surface area (Å²) in [6.45, 7) is 4.02. The molecule has 2 aliphatic heterocycles. The molecule has 0 amide bonds. The van der Waals surface area contributed by atoms with Crippen molar-refractivity contribution in [2.24, 2.45) is 0 Å². The first-order chi connectivity index (χ1) is 33.3. The quantitative estimate of drug-likeness (QED) is 0.0698.